The molecule has 0 aliphatic rings. The van der Waals surface area contributed by atoms with Gasteiger partial charge >= 0.3 is 0 Å². The minimum Gasteiger partial charge on any atom is -0.366 e. The number of nitrogens with zero attached hydrogens (tertiary/aromatic N) is 1. The minimum atomic E-state index is -0.668. The van der Waals surface area contributed by atoms with Crippen LogP contribution in [0.1, 0.15) is 38.7 Å². The van der Waals surface area contributed by atoms with E-state index in [4.69, 9.17) is 28.9 Å². The van der Waals surface area contributed by atoms with E-state index in [1.807, 2.05) is 38.4 Å². The summed E-state index contributed by atoms with van der Waals surface area (Å²) in [6.45, 7) is 0.461. The maximum Gasteiger partial charge on any atom is 0.251 e. The van der Waals surface area contributed by atoms with Crippen LogP contribution in [0.3, 0.4) is 0 Å². The van der Waals surface area contributed by atoms with Gasteiger partial charge in [0.05, 0.1) is 10.6 Å². The molecule has 138 valence electrons. The van der Waals surface area contributed by atoms with Crippen molar-refractivity contribution in [3.8, 4) is 0 Å². The summed E-state index contributed by atoms with van der Waals surface area (Å²) in [5.41, 5.74) is 6.81. The molecule has 1 unspecified atom stereocenters. The van der Waals surface area contributed by atoms with E-state index in [9.17, 15) is 9.59 Å². The SMILES string of the molecule is CN(C)C(CCNC(=O)c1ccc(Cl)c(C(N)=O)c1)c1cccc(Cl)c1. The zero-order chi connectivity index (χ0) is 19.3. The van der Waals surface area contributed by atoms with E-state index in [-0.39, 0.29) is 22.5 Å². The Balaban J connectivity index is 2.02. The van der Waals surface area contributed by atoms with Crippen LogP contribution in [0.15, 0.2) is 42.5 Å². The molecule has 0 saturated carbocycles. The van der Waals surface area contributed by atoms with Crippen LogP contribution in [-0.4, -0.2) is 37.4 Å². The van der Waals surface area contributed by atoms with E-state index in [0.29, 0.717) is 23.6 Å². The van der Waals surface area contributed by atoms with Crippen molar-refractivity contribution in [3.05, 3.63) is 69.2 Å². The lowest BCUT2D eigenvalue weighted by Gasteiger charge is -2.25. The second-order valence-electron chi connectivity index (χ2n) is 6.14. The maximum absolute atomic E-state index is 12.3. The Labute approximate surface area is 163 Å². The van der Waals surface area contributed by atoms with Crippen molar-refractivity contribution in [1.29, 1.82) is 0 Å². The molecule has 0 aliphatic carbocycles. The fourth-order valence-corrected chi connectivity index (χ4v) is 3.13. The smallest absolute Gasteiger partial charge is 0.251 e. The van der Waals surface area contributed by atoms with Crippen LogP contribution in [0.4, 0.5) is 0 Å². The van der Waals surface area contributed by atoms with Gasteiger partial charge in [-0.2, -0.15) is 0 Å². The summed E-state index contributed by atoms with van der Waals surface area (Å²) < 4.78 is 0. The number of rotatable bonds is 7. The number of hydrogen-bond donors (Lipinski definition) is 2. The molecule has 0 aromatic heterocycles. The molecule has 26 heavy (non-hydrogen) atoms. The summed E-state index contributed by atoms with van der Waals surface area (Å²) >= 11 is 12.0. The van der Waals surface area contributed by atoms with Crippen molar-refractivity contribution >= 4 is 35.0 Å². The van der Waals surface area contributed by atoms with Crippen LogP contribution in [0, 0.1) is 0 Å². The number of carbonyl (C=O) groups is 2. The molecular formula is C19H21Cl2N3O2. The highest BCUT2D eigenvalue weighted by Crippen LogP contribution is 2.24. The first-order chi connectivity index (χ1) is 12.3. The predicted molar refractivity (Wildman–Crippen MR) is 105 cm³/mol. The first-order valence-electron chi connectivity index (χ1n) is 8.09. The van der Waals surface area contributed by atoms with Gasteiger partial charge in [0.15, 0.2) is 0 Å². The van der Waals surface area contributed by atoms with Crippen molar-refractivity contribution in [2.24, 2.45) is 5.73 Å². The normalized spacial score (nSPS) is 12.0. The highest BCUT2D eigenvalue weighted by Gasteiger charge is 2.16. The number of amides is 2. The Morgan fingerprint density at radius 1 is 1.15 bits per heavy atom. The van der Waals surface area contributed by atoms with Gasteiger partial charge in [0.25, 0.3) is 5.91 Å². The van der Waals surface area contributed by atoms with E-state index in [0.717, 1.165) is 5.56 Å². The highest BCUT2D eigenvalue weighted by atomic mass is 35.5. The van der Waals surface area contributed by atoms with Crippen LogP contribution >= 0.6 is 23.2 Å². The lowest BCUT2D eigenvalue weighted by Crippen LogP contribution is -2.29. The Morgan fingerprint density at radius 3 is 2.50 bits per heavy atom. The molecule has 2 amide bonds. The molecule has 7 heteroatoms. The molecule has 0 spiro atoms. The molecule has 2 rings (SSSR count). The lowest BCUT2D eigenvalue weighted by molar-refractivity contribution is 0.0949. The standard InChI is InChI=1S/C19H21Cl2N3O2/c1-24(2)17(12-4-3-5-14(20)10-12)8-9-23-19(26)13-6-7-16(21)15(11-13)18(22)25/h3-7,10-11,17H,8-9H2,1-2H3,(H2,22,25)(H,23,26). The first-order valence-corrected chi connectivity index (χ1v) is 8.84. The summed E-state index contributed by atoms with van der Waals surface area (Å²) in [6.07, 6.45) is 0.704. The van der Waals surface area contributed by atoms with Crippen molar-refractivity contribution in [1.82, 2.24) is 10.2 Å². The van der Waals surface area contributed by atoms with Gasteiger partial charge in [-0.15, -0.1) is 0 Å². The average molecular weight is 394 g/mol. The number of nitrogens with two attached hydrogens (primary N) is 1. The quantitative estimate of drug-likeness (QED) is 0.755. The van der Waals surface area contributed by atoms with E-state index in [1.165, 1.54) is 12.1 Å². The summed E-state index contributed by atoms with van der Waals surface area (Å²) in [7, 11) is 3.96. The predicted octanol–water partition coefficient (Wildman–Crippen LogP) is 3.52. The topological polar surface area (TPSA) is 75.4 Å². The fraction of sp³-hybridized carbons (Fsp3) is 0.263. The zero-order valence-corrected chi connectivity index (χ0v) is 16.1. The van der Waals surface area contributed by atoms with Gasteiger partial charge in [-0.1, -0.05) is 35.3 Å². The van der Waals surface area contributed by atoms with Crippen molar-refractivity contribution < 1.29 is 9.59 Å². The second kappa shape index (κ2) is 9.03. The van der Waals surface area contributed by atoms with Crippen LogP contribution in [0.2, 0.25) is 10.0 Å². The summed E-state index contributed by atoms with van der Waals surface area (Å²) in [5.74, 6) is -0.953. The zero-order valence-electron chi connectivity index (χ0n) is 14.6. The third kappa shape index (κ3) is 5.21. The van der Waals surface area contributed by atoms with Crippen molar-refractivity contribution in [3.63, 3.8) is 0 Å². The van der Waals surface area contributed by atoms with Gasteiger partial charge in [0.2, 0.25) is 5.91 Å². The van der Waals surface area contributed by atoms with Gasteiger partial charge in [-0.05, 0) is 56.4 Å². The molecule has 2 aromatic rings. The molecule has 1 atom stereocenters. The van der Waals surface area contributed by atoms with Gasteiger partial charge in [0, 0.05) is 23.2 Å². The number of primary amides is 1. The highest BCUT2D eigenvalue weighted by molar-refractivity contribution is 6.34. The Bertz CT molecular complexity index is 809. The molecule has 0 radical (unpaired) electrons. The summed E-state index contributed by atoms with van der Waals surface area (Å²) in [6, 6.07) is 12.2. The third-order valence-electron chi connectivity index (χ3n) is 4.05. The lowest BCUT2D eigenvalue weighted by atomic mass is 10.0. The molecule has 3 N–H and O–H groups in total. The van der Waals surface area contributed by atoms with Crippen molar-refractivity contribution in [2.75, 3.05) is 20.6 Å². The van der Waals surface area contributed by atoms with Crippen LogP contribution in [0.25, 0.3) is 0 Å². The Hall–Kier alpha value is -2.08. The number of carbonyl (C=O) groups excluding carboxylic acids is 2. The average Bonchev–Trinajstić information content (AvgIpc) is 2.58. The van der Waals surface area contributed by atoms with Gasteiger partial charge in [-0.25, -0.2) is 0 Å². The number of nitrogens with one attached hydrogen (secondary N) is 1. The molecule has 2 aromatic carbocycles. The Kier molecular flexibility index (Phi) is 7.03. The third-order valence-corrected chi connectivity index (χ3v) is 4.62. The molecular weight excluding hydrogens is 373 g/mol. The van der Waals surface area contributed by atoms with Crippen LogP contribution in [-0.2, 0) is 0 Å². The van der Waals surface area contributed by atoms with Gasteiger partial charge < -0.3 is 16.0 Å². The van der Waals surface area contributed by atoms with Gasteiger partial charge in [-0.3, -0.25) is 9.59 Å². The molecule has 0 aliphatic heterocycles. The first kappa shape index (κ1) is 20.2. The minimum absolute atomic E-state index is 0.111. The Morgan fingerprint density at radius 2 is 1.88 bits per heavy atom. The van der Waals surface area contributed by atoms with E-state index in [2.05, 4.69) is 10.2 Å². The molecule has 0 bridgehead atoms. The maximum atomic E-state index is 12.3. The molecule has 0 fully saturated rings. The molecule has 5 nitrogen and oxygen atoms in total. The van der Waals surface area contributed by atoms with Gasteiger partial charge in [0.1, 0.15) is 0 Å². The van der Waals surface area contributed by atoms with Crippen molar-refractivity contribution in [2.45, 2.75) is 12.5 Å². The number of hydrogen-bond acceptors (Lipinski definition) is 3. The van der Waals surface area contributed by atoms with Crippen LogP contribution in [0.5, 0.6) is 0 Å². The van der Waals surface area contributed by atoms with E-state index in [1.54, 1.807) is 6.07 Å². The summed E-state index contributed by atoms with van der Waals surface area (Å²) in [4.78, 5) is 25.8. The van der Waals surface area contributed by atoms with E-state index < -0.39 is 5.91 Å². The van der Waals surface area contributed by atoms with Crippen LogP contribution < -0.4 is 11.1 Å². The summed E-state index contributed by atoms with van der Waals surface area (Å²) in [5, 5.41) is 3.76. The molecule has 0 saturated heterocycles. The number of halogens is 2. The second-order valence-corrected chi connectivity index (χ2v) is 6.98. The van der Waals surface area contributed by atoms with E-state index >= 15 is 0 Å². The largest absolute Gasteiger partial charge is 0.366 e. The fourth-order valence-electron chi connectivity index (χ4n) is 2.72. The monoisotopic (exact) mass is 393 g/mol. The molecule has 0 heterocycles. The number of benzene rings is 2.